The third-order valence-corrected chi connectivity index (χ3v) is 3.80. The molecule has 20 heavy (non-hydrogen) atoms. The minimum absolute atomic E-state index is 0.171. The van der Waals surface area contributed by atoms with Crippen molar-refractivity contribution >= 4 is 17.5 Å². The van der Waals surface area contributed by atoms with Crippen LogP contribution in [-0.2, 0) is 4.79 Å². The summed E-state index contributed by atoms with van der Waals surface area (Å²) in [5, 5.41) is 0.698. The molecule has 0 radical (unpaired) electrons. The van der Waals surface area contributed by atoms with Gasteiger partial charge in [-0.05, 0) is 37.7 Å². The number of hydrogen-bond acceptors (Lipinski definition) is 3. The van der Waals surface area contributed by atoms with E-state index in [-0.39, 0.29) is 5.91 Å². The van der Waals surface area contributed by atoms with Crippen LogP contribution >= 0.6 is 11.6 Å². The highest BCUT2D eigenvalue weighted by molar-refractivity contribution is 6.30. The summed E-state index contributed by atoms with van der Waals surface area (Å²) in [7, 11) is 2.08. The molecule has 0 aliphatic carbocycles. The number of aryl methyl sites for hydroxylation is 1. The van der Waals surface area contributed by atoms with Crippen LogP contribution in [0.4, 0.5) is 0 Å². The second-order valence-corrected chi connectivity index (χ2v) is 5.63. The molecule has 1 heterocycles. The number of piperazine rings is 1. The fourth-order valence-electron chi connectivity index (χ4n) is 2.24. The van der Waals surface area contributed by atoms with Crippen LogP contribution in [0.3, 0.4) is 0 Å². The standard InChI is InChI=1S/C15H21ClN2O2/c1-12-11-13(16)3-4-14(12)20-10-5-15(19)18-8-6-17(2)7-9-18/h3-4,11H,5-10H2,1-2H3. The molecule has 2 rings (SSSR count). The fraction of sp³-hybridized carbons (Fsp3) is 0.533. The van der Waals surface area contributed by atoms with Crippen molar-refractivity contribution in [1.29, 1.82) is 0 Å². The Balaban J connectivity index is 1.76. The number of carbonyl (C=O) groups is 1. The van der Waals surface area contributed by atoms with Crippen LogP contribution in [0.5, 0.6) is 5.75 Å². The van der Waals surface area contributed by atoms with Crippen molar-refractivity contribution in [2.75, 3.05) is 39.8 Å². The van der Waals surface area contributed by atoms with Crippen LogP contribution in [0, 0.1) is 6.92 Å². The van der Waals surface area contributed by atoms with Gasteiger partial charge in [0.25, 0.3) is 0 Å². The third kappa shape index (κ3) is 4.12. The fourth-order valence-corrected chi connectivity index (χ4v) is 2.46. The molecule has 110 valence electrons. The summed E-state index contributed by atoms with van der Waals surface area (Å²) in [5.74, 6) is 0.963. The molecule has 1 amide bonds. The average molecular weight is 297 g/mol. The predicted octanol–water partition coefficient (Wildman–Crippen LogP) is 2.19. The number of halogens is 1. The van der Waals surface area contributed by atoms with Crippen molar-refractivity contribution in [3.05, 3.63) is 28.8 Å². The highest BCUT2D eigenvalue weighted by Crippen LogP contribution is 2.21. The number of carbonyl (C=O) groups excluding carboxylic acids is 1. The maximum atomic E-state index is 12.0. The molecule has 0 saturated carbocycles. The SMILES string of the molecule is Cc1cc(Cl)ccc1OCCC(=O)N1CCN(C)CC1. The Labute approximate surface area is 125 Å². The van der Waals surface area contributed by atoms with Gasteiger partial charge in [-0.1, -0.05) is 11.6 Å². The molecule has 1 aliphatic heterocycles. The molecule has 0 atom stereocenters. The number of likely N-dealkylation sites (N-methyl/N-ethyl adjacent to an activating group) is 1. The lowest BCUT2D eigenvalue weighted by Crippen LogP contribution is -2.47. The van der Waals surface area contributed by atoms with Crippen molar-refractivity contribution in [1.82, 2.24) is 9.80 Å². The lowest BCUT2D eigenvalue weighted by Gasteiger charge is -2.32. The van der Waals surface area contributed by atoms with Crippen molar-refractivity contribution in [2.45, 2.75) is 13.3 Å². The minimum Gasteiger partial charge on any atom is -0.493 e. The van der Waals surface area contributed by atoms with Gasteiger partial charge in [-0.3, -0.25) is 4.79 Å². The number of nitrogens with zero attached hydrogens (tertiary/aromatic N) is 2. The molecular formula is C15H21ClN2O2. The zero-order chi connectivity index (χ0) is 14.5. The van der Waals surface area contributed by atoms with Gasteiger partial charge in [0.15, 0.2) is 0 Å². The normalized spacial score (nSPS) is 16.2. The number of benzene rings is 1. The molecule has 1 aromatic carbocycles. The quantitative estimate of drug-likeness (QED) is 0.854. The molecule has 0 spiro atoms. The highest BCUT2D eigenvalue weighted by atomic mass is 35.5. The van der Waals surface area contributed by atoms with Crippen molar-refractivity contribution in [2.24, 2.45) is 0 Å². The van der Waals surface area contributed by atoms with E-state index < -0.39 is 0 Å². The smallest absolute Gasteiger partial charge is 0.226 e. The zero-order valence-electron chi connectivity index (χ0n) is 12.1. The van der Waals surface area contributed by atoms with Crippen LogP contribution in [-0.4, -0.2) is 55.5 Å². The number of rotatable bonds is 4. The molecule has 0 unspecified atom stereocenters. The maximum Gasteiger partial charge on any atom is 0.226 e. The zero-order valence-corrected chi connectivity index (χ0v) is 12.8. The third-order valence-electron chi connectivity index (χ3n) is 3.57. The lowest BCUT2D eigenvalue weighted by atomic mass is 10.2. The van der Waals surface area contributed by atoms with E-state index >= 15 is 0 Å². The van der Waals surface area contributed by atoms with E-state index in [1.165, 1.54) is 0 Å². The van der Waals surface area contributed by atoms with Crippen LogP contribution < -0.4 is 4.74 Å². The van der Waals surface area contributed by atoms with E-state index in [4.69, 9.17) is 16.3 Å². The Morgan fingerprint density at radius 1 is 1.30 bits per heavy atom. The lowest BCUT2D eigenvalue weighted by molar-refractivity contribution is -0.133. The summed E-state index contributed by atoms with van der Waals surface area (Å²) in [6.45, 7) is 5.88. The molecule has 0 bridgehead atoms. The Morgan fingerprint density at radius 3 is 2.65 bits per heavy atom. The van der Waals surface area contributed by atoms with Crippen molar-refractivity contribution in [3.63, 3.8) is 0 Å². The number of amides is 1. The second-order valence-electron chi connectivity index (χ2n) is 5.19. The first-order chi connectivity index (χ1) is 9.56. The van der Waals surface area contributed by atoms with E-state index in [9.17, 15) is 4.79 Å². The molecule has 5 heteroatoms. The van der Waals surface area contributed by atoms with E-state index in [2.05, 4.69) is 11.9 Å². The number of ether oxygens (including phenoxy) is 1. The predicted molar refractivity (Wildman–Crippen MR) is 80.4 cm³/mol. The maximum absolute atomic E-state index is 12.0. The molecule has 1 aliphatic rings. The summed E-state index contributed by atoms with van der Waals surface area (Å²) >= 11 is 5.89. The summed E-state index contributed by atoms with van der Waals surface area (Å²) in [4.78, 5) is 16.2. The molecule has 1 fully saturated rings. The minimum atomic E-state index is 0.171. The van der Waals surface area contributed by atoms with Gasteiger partial charge in [-0.2, -0.15) is 0 Å². The van der Waals surface area contributed by atoms with E-state index in [0.29, 0.717) is 18.1 Å². The first kappa shape index (κ1) is 15.1. The van der Waals surface area contributed by atoms with Crippen molar-refractivity contribution in [3.8, 4) is 5.75 Å². The van der Waals surface area contributed by atoms with Gasteiger partial charge in [0, 0.05) is 31.2 Å². The monoisotopic (exact) mass is 296 g/mol. The van der Waals surface area contributed by atoms with E-state index in [0.717, 1.165) is 37.5 Å². The molecule has 1 saturated heterocycles. The van der Waals surface area contributed by atoms with Gasteiger partial charge in [0.2, 0.25) is 5.91 Å². The Hall–Kier alpha value is -1.26. The van der Waals surface area contributed by atoms with Gasteiger partial charge in [-0.15, -0.1) is 0 Å². The molecule has 4 nitrogen and oxygen atoms in total. The van der Waals surface area contributed by atoms with Gasteiger partial charge < -0.3 is 14.5 Å². The molecular weight excluding hydrogens is 276 g/mol. The Kier molecular flexibility index (Phi) is 5.26. The van der Waals surface area contributed by atoms with Gasteiger partial charge >= 0.3 is 0 Å². The molecule has 0 aromatic heterocycles. The van der Waals surface area contributed by atoms with Crippen molar-refractivity contribution < 1.29 is 9.53 Å². The topological polar surface area (TPSA) is 32.8 Å². The second kappa shape index (κ2) is 6.95. The van der Waals surface area contributed by atoms with E-state index in [1.54, 1.807) is 6.07 Å². The first-order valence-corrected chi connectivity index (χ1v) is 7.29. The first-order valence-electron chi connectivity index (χ1n) is 6.91. The summed E-state index contributed by atoms with van der Waals surface area (Å²) in [6.07, 6.45) is 0.422. The average Bonchev–Trinajstić information content (AvgIpc) is 2.42. The molecule has 1 aromatic rings. The van der Waals surface area contributed by atoms with Crippen LogP contribution in [0.1, 0.15) is 12.0 Å². The van der Waals surface area contributed by atoms with Gasteiger partial charge in [0.1, 0.15) is 5.75 Å². The Bertz CT molecular complexity index is 471. The summed E-state index contributed by atoms with van der Waals surface area (Å²) < 4.78 is 5.66. The Morgan fingerprint density at radius 2 is 2.00 bits per heavy atom. The van der Waals surface area contributed by atoms with Crippen LogP contribution in [0.15, 0.2) is 18.2 Å². The number of hydrogen-bond donors (Lipinski definition) is 0. The summed E-state index contributed by atoms with van der Waals surface area (Å²) in [6, 6.07) is 5.50. The summed E-state index contributed by atoms with van der Waals surface area (Å²) in [5.41, 5.74) is 0.990. The van der Waals surface area contributed by atoms with Gasteiger partial charge in [-0.25, -0.2) is 0 Å². The van der Waals surface area contributed by atoms with Crippen LogP contribution in [0.2, 0.25) is 5.02 Å². The van der Waals surface area contributed by atoms with E-state index in [1.807, 2.05) is 24.0 Å². The largest absolute Gasteiger partial charge is 0.493 e. The van der Waals surface area contributed by atoms with Gasteiger partial charge in [0.05, 0.1) is 13.0 Å². The van der Waals surface area contributed by atoms with Crippen LogP contribution in [0.25, 0.3) is 0 Å². The molecule has 0 N–H and O–H groups in total. The highest BCUT2D eigenvalue weighted by Gasteiger charge is 2.18.